The highest BCUT2D eigenvalue weighted by Crippen LogP contribution is 2.24. The number of pyridine rings is 1. The molecular weight excluding hydrogens is 357 g/mol. The minimum atomic E-state index is -0.911. The average Bonchev–Trinajstić information content (AvgIpc) is 2.39. The van der Waals surface area contributed by atoms with Gasteiger partial charge in [-0.3, -0.25) is 0 Å². The van der Waals surface area contributed by atoms with E-state index in [1.165, 1.54) is 0 Å². The number of hydrogen-bond acceptors (Lipinski definition) is 3. The molecule has 0 spiro atoms. The van der Waals surface area contributed by atoms with Crippen LogP contribution < -0.4 is 10.6 Å². The Labute approximate surface area is 126 Å². The maximum Gasteiger partial charge on any atom is 0.404 e. The van der Waals surface area contributed by atoms with E-state index in [0.717, 1.165) is 41.6 Å². The predicted molar refractivity (Wildman–Crippen MR) is 82.4 cm³/mol. The quantitative estimate of drug-likeness (QED) is 0.559. The number of amides is 1. The number of halogens is 1. The van der Waals surface area contributed by atoms with E-state index in [1.807, 2.05) is 18.3 Å². The van der Waals surface area contributed by atoms with Crippen LogP contribution in [0.1, 0.15) is 25.7 Å². The summed E-state index contributed by atoms with van der Waals surface area (Å²) >= 11 is 2.19. The summed E-state index contributed by atoms with van der Waals surface area (Å²) in [6, 6.07) is 4.15. The highest BCUT2D eigenvalue weighted by atomic mass is 127. The van der Waals surface area contributed by atoms with E-state index in [1.54, 1.807) is 0 Å². The van der Waals surface area contributed by atoms with Crippen molar-refractivity contribution in [1.29, 1.82) is 0 Å². The minimum absolute atomic E-state index is 0.133. The van der Waals surface area contributed by atoms with Crippen LogP contribution in [0.3, 0.4) is 0 Å². The molecule has 0 aliphatic heterocycles. The van der Waals surface area contributed by atoms with Gasteiger partial charge < -0.3 is 15.7 Å². The number of nitrogens with one attached hydrogen (secondary N) is 2. The third-order valence-electron chi connectivity index (χ3n) is 3.50. The van der Waals surface area contributed by atoms with Crippen molar-refractivity contribution in [3.8, 4) is 0 Å². The molecule has 5 nitrogen and oxygen atoms in total. The van der Waals surface area contributed by atoms with Gasteiger partial charge in [0, 0.05) is 12.6 Å². The maximum atomic E-state index is 10.6. The summed E-state index contributed by atoms with van der Waals surface area (Å²) < 4.78 is 0.989. The second-order valence-corrected chi connectivity index (χ2v) is 6.02. The molecule has 1 aliphatic carbocycles. The molecule has 1 amide bonds. The van der Waals surface area contributed by atoms with Crippen molar-refractivity contribution in [3.63, 3.8) is 0 Å². The van der Waals surface area contributed by atoms with Crippen LogP contribution in [0.15, 0.2) is 18.3 Å². The number of carboxylic acid groups (broad SMARTS) is 1. The summed E-state index contributed by atoms with van der Waals surface area (Å²) in [4.78, 5) is 14.8. The fourth-order valence-electron chi connectivity index (χ4n) is 2.43. The molecule has 0 radical (unpaired) electrons. The summed E-state index contributed by atoms with van der Waals surface area (Å²) in [6.45, 7) is 0.933. The molecule has 1 aromatic heterocycles. The molecule has 0 saturated heterocycles. The van der Waals surface area contributed by atoms with Gasteiger partial charge in [0.15, 0.2) is 0 Å². The van der Waals surface area contributed by atoms with Crippen molar-refractivity contribution in [2.24, 2.45) is 5.92 Å². The zero-order chi connectivity index (χ0) is 13.7. The lowest BCUT2D eigenvalue weighted by Gasteiger charge is -2.28. The molecule has 1 fully saturated rings. The first-order valence-electron chi connectivity index (χ1n) is 6.48. The number of hydrogen-bond donors (Lipinski definition) is 3. The zero-order valence-corrected chi connectivity index (χ0v) is 12.8. The summed E-state index contributed by atoms with van der Waals surface area (Å²) in [5, 5.41) is 14.6. The van der Waals surface area contributed by atoms with Crippen LogP contribution in [0.5, 0.6) is 0 Å². The molecule has 2 rings (SSSR count). The average molecular weight is 375 g/mol. The second-order valence-electron chi connectivity index (χ2n) is 4.92. The van der Waals surface area contributed by atoms with Gasteiger partial charge >= 0.3 is 6.09 Å². The van der Waals surface area contributed by atoms with Gasteiger partial charge in [-0.2, -0.15) is 0 Å². The number of nitrogens with zero attached hydrogens (tertiary/aromatic N) is 1. The molecule has 1 aromatic rings. The SMILES string of the molecule is O=C(O)NC1CCC(CNc2ccc(I)nc2)CC1. The topological polar surface area (TPSA) is 74.2 Å². The molecule has 1 saturated carbocycles. The molecule has 1 heterocycles. The molecule has 0 atom stereocenters. The number of rotatable bonds is 4. The number of carbonyl (C=O) groups is 1. The minimum Gasteiger partial charge on any atom is -0.465 e. The van der Waals surface area contributed by atoms with Gasteiger partial charge in [0.05, 0.1) is 11.9 Å². The molecule has 1 aliphatic rings. The lowest BCUT2D eigenvalue weighted by atomic mass is 9.86. The van der Waals surface area contributed by atoms with Crippen molar-refractivity contribution in [3.05, 3.63) is 22.0 Å². The van der Waals surface area contributed by atoms with Crippen molar-refractivity contribution < 1.29 is 9.90 Å². The van der Waals surface area contributed by atoms with E-state index in [4.69, 9.17) is 5.11 Å². The summed E-state index contributed by atoms with van der Waals surface area (Å²) in [7, 11) is 0. The van der Waals surface area contributed by atoms with Gasteiger partial charge in [-0.05, 0) is 66.3 Å². The highest BCUT2D eigenvalue weighted by molar-refractivity contribution is 14.1. The maximum absolute atomic E-state index is 10.6. The van der Waals surface area contributed by atoms with Gasteiger partial charge in [-0.15, -0.1) is 0 Å². The van der Waals surface area contributed by atoms with E-state index in [0.29, 0.717) is 5.92 Å². The van der Waals surface area contributed by atoms with Crippen molar-refractivity contribution in [2.75, 3.05) is 11.9 Å². The highest BCUT2D eigenvalue weighted by Gasteiger charge is 2.21. The van der Waals surface area contributed by atoms with Crippen molar-refractivity contribution in [1.82, 2.24) is 10.3 Å². The van der Waals surface area contributed by atoms with E-state index < -0.39 is 6.09 Å². The third kappa shape index (κ3) is 4.85. The Bertz CT molecular complexity index is 416. The largest absolute Gasteiger partial charge is 0.465 e. The lowest BCUT2D eigenvalue weighted by molar-refractivity contribution is 0.183. The fourth-order valence-corrected chi connectivity index (χ4v) is 2.75. The first-order valence-corrected chi connectivity index (χ1v) is 7.56. The van der Waals surface area contributed by atoms with Crippen LogP contribution >= 0.6 is 22.6 Å². The van der Waals surface area contributed by atoms with E-state index >= 15 is 0 Å². The summed E-state index contributed by atoms with van der Waals surface area (Å²) in [5.41, 5.74) is 1.05. The zero-order valence-electron chi connectivity index (χ0n) is 10.6. The monoisotopic (exact) mass is 375 g/mol. The normalized spacial score (nSPS) is 22.8. The van der Waals surface area contributed by atoms with Gasteiger partial charge in [-0.25, -0.2) is 9.78 Å². The second kappa shape index (κ2) is 6.93. The van der Waals surface area contributed by atoms with Gasteiger partial charge in [0.25, 0.3) is 0 Å². The molecular formula is C13H18IN3O2. The molecule has 6 heteroatoms. The molecule has 19 heavy (non-hydrogen) atoms. The van der Waals surface area contributed by atoms with Crippen LogP contribution in [0, 0.1) is 9.62 Å². The molecule has 104 valence electrons. The first-order chi connectivity index (χ1) is 9.13. The number of anilines is 1. The molecule has 0 bridgehead atoms. The third-order valence-corrected chi connectivity index (χ3v) is 4.13. The first kappa shape index (κ1) is 14.4. The van der Waals surface area contributed by atoms with Crippen LogP contribution in [0.2, 0.25) is 0 Å². The van der Waals surface area contributed by atoms with Crippen molar-refractivity contribution in [2.45, 2.75) is 31.7 Å². The lowest BCUT2D eigenvalue weighted by Crippen LogP contribution is -2.37. The molecule has 0 unspecified atom stereocenters. The van der Waals surface area contributed by atoms with Gasteiger partial charge in [0.2, 0.25) is 0 Å². The molecule has 3 N–H and O–H groups in total. The predicted octanol–water partition coefficient (Wildman–Crippen LogP) is 2.92. The van der Waals surface area contributed by atoms with Crippen LogP contribution in [0.25, 0.3) is 0 Å². The Balaban J connectivity index is 1.71. The molecule has 0 aromatic carbocycles. The Morgan fingerprint density at radius 3 is 2.68 bits per heavy atom. The Morgan fingerprint density at radius 1 is 1.37 bits per heavy atom. The van der Waals surface area contributed by atoms with Crippen LogP contribution in [-0.2, 0) is 0 Å². The fraction of sp³-hybridized carbons (Fsp3) is 0.538. The van der Waals surface area contributed by atoms with Gasteiger partial charge in [0.1, 0.15) is 3.70 Å². The van der Waals surface area contributed by atoms with E-state index in [2.05, 4.69) is 38.2 Å². The Kier molecular flexibility index (Phi) is 5.24. The van der Waals surface area contributed by atoms with Crippen molar-refractivity contribution >= 4 is 34.4 Å². The summed E-state index contributed by atoms with van der Waals surface area (Å²) in [5.74, 6) is 0.617. The Morgan fingerprint density at radius 2 is 2.11 bits per heavy atom. The number of aromatic nitrogens is 1. The Hall–Kier alpha value is -1.05. The smallest absolute Gasteiger partial charge is 0.404 e. The van der Waals surface area contributed by atoms with E-state index in [9.17, 15) is 4.79 Å². The summed E-state index contributed by atoms with van der Waals surface area (Å²) in [6.07, 6.45) is 4.93. The standard InChI is InChI=1S/C13H18IN3O2/c14-12-6-5-11(8-16-12)15-7-9-1-3-10(4-2-9)17-13(18)19/h5-6,8-10,15,17H,1-4,7H2,(H,18,19). The van der Waals surface area contributed by atoms with E-state index in [-0.39, 0.29) is 6.04 Å². The van der Waals surface area contributed by atoms with Gasteiger partial charge in [-0.1, -0.05) is 0 Å². The van der Waals surface area contributed by atoms with Crippen LogP contribution in [-0.4, -0.2) is 28.8 Å². The van der Waals surface area contributed by atoms with Crippen LogP contribution in [0.4, 0.5) is 10.5 Å².